The van der Waals surface area contributed by atoms with Crippen molar-refractivity contribution in [2.45, 2.75) is 17.7 Å². The van der Waals surface area contributed by atoms with Gasteiger partial charge in [0.05, 0.1) is 0 Å². The molecular formula is C12H20N2S. The minimum absolute atomic E-state index is 0.427. The predicted octanol–water partition coefficient (Wildman–Crippen LogP) is 2.06. The minimum Gasteiger partial charge on any atom is -0.330 e. The second kappa shape index (κ2) is 6.88. The van der Waals surface area contributed by atoms with E-state index in [0.717, 1.165) is 12.3 Å². The normalized spacial score (nSPS) is 12.7. The van der Waals surface area contributed by atoms with Crippen molar-refractivity contribution in [1.82, 2.24) is 5.32 Å². The van der Waals surface area contributed by atoms with E-state index >= 15 is 0 Å². The maximum Gasteiger partial charge on any atom is 0.00862 e. The molecule has 3 heteroatoms. The van der Waals surface area contributed by atoms with Crippen molar-refractivity contribution in [1.29, 1.82) is 0 Å². The SMILES string of the molecule is CCSc1ccc(C(CN)CNC)cc1. The molecule has 0 radical (unpaired) electrons. The summed E-state index contributed by atoms with van der Waals surface area (Å²) in [4.78, 5) is 1.33. The molecular weight excluding hydrogens is 204 g/mol. The quantitative estimate of drug-likeness (QED) is 0.726. The van der Waals surface area contributed by atoms with Crippen LogP contribution in [0.4, 0.5) is 0 Å². The third-order valence-electron chi connectivity index (χ3n) is 2.40. The van der Waals surface area contributed by atoms with E-state index in [0.29, 0.717) is 12.5 Å². The van der Waals surface area contributed by atoms with Gasteiger partial charge in [-0.15, -0.1) is 11.8 Å². The summed E-state index contributed by atoms with van der Waals surface area (Å²) in [5, 5.41) is 3.17. The second-order valence-corrected chi connectivity index (χ2v) is 4.83. The lowest BCUT2D eigenvalue weighted by molar-refractivity contribution is 0.637. The van der Waals surface area contributed by atoms with Crippen LogP contribution in [0.3, 0.4) is 0 Å². The Labute approximate surface area is 96.6 Å². The van der Waals surface area contributed by atoms with Gasteiger partial charge in [-0.05, 0) is 30.5 Å². The molecule has 1 atom stereocenters. The fourth-order valence-electron chi connectivity index (χ4n) is 1.59. The van der Waals surface area contributed by atoms with Crippen molar-refractivity contribution in [2.75, 3.05) is 25.9 Å². The van der Waals surface area contributed by atoms with Crippen molar-refractivity contribution in [3.05, 3.63) is 29.8 Å². The number of thioether (sulfide) groups is 1. The van der Waals surface area contributed by atoms with Crippen LogP contribution in [0.5, 0.6) is 0 Å². The van der Waals surface area contributed by atoms with Gasteiger partial charge < -0.3 is 11.1 Å². The second-order valence-electron chi connectivity index (χ2n) is 3.49. The lowest BCUT2D eigenvalue weighted by atomic mass is 9.99. The first-order chi connectivity index (χ1) is 7.31. The van der Waals surface area contributed by atoms with Crippen LogP contribution in [0.25, 0.3) is 0 Å². The molecule has 3 N–H and O–H groups in total. The summed E-state index contributed by atoms with van der Waals surface area (Å²) in [5.41, 5.74) is 7.07. The summed E-state index contributed by atoms with van der Waals surface area (Å²) in [6.45, 7) is 3.81. The van der Waals surface area contributed by atoms with E-state index in [1.165, 1.54) is 10.5 Å². The monoisotopic (exact) mass is 224 g/mol. The fourth-order valence-corrected chi connectivity index (χ4v) is 2.25. The van der Waals surface area contributed by atoms with Crippen LogP contribution in [0.2, 0.25) is 0 Å². The van der Waals surface area contributed by atoms with Crippen molar-refractivity contribution in [3.63, 3.8) is 0 Å². The smallest absolute Gasteiger partial charge is 0.00862 e. The molecule has 1 aromatic carbocycles. The summed E-state index contributed by atoms with van der Waals surface area (Å²) in [6, 6.07) is 8.74. The van der Waals surface area contributed by atoms with Gasteiger partial charge in [-0.3, -0.25) is 0 Å². The van der Waals surface area contributed by atoms with Crippen molar-refractivity contribution >= 4 is 11.8 Å². The molecule has 15 heavy (non-hydrogen) atoms. The fraction of sp³-hybridized carbons (Fsp3) is 0.500. The van der Waals surface area contributed by atoms with E-state index in [1.54, 1.807) is 0 Å². The minimum atomic E-state index is 0.427. The van der Waals surface area contributed by atoms with Gasteiger partial charge in [0, 0.05) is 23.9 Å². The van der Waals surface area contributed by atoms with E-state index in [-0.39, 0.29) is 0 Å². The Balaban J connectivity index is 2.68. The van der Waals surface area contributed by atoms with Crippen LogP contribution < -0.4 is 11.1 Å². The summed E-state index contributed by atoms with van der Waals surface area (Å²) < 4.78 is 0. The molecule has 0 aromatic heterocycles. The van der Waals surface area contributed by atoms with Crippen LogP contribution in [0.1, 0.15) is 18.4 Å². The van der Waals surface area contributed by atoms with Crippen LogP contribution in [0, 0.1) is 0 Å². The zero-order chi connectivity index (χ0) is 11.1. The zero-order valence-corrected chi connectivity index (χ0v) is 10.3. The average Bonchev–Trinajstić information content (AvgIpc) is 2.28. The molecule has 0 fully saturated rings. The number of nitrogens with one attached hydrogen (secondary N) is 1. The van der Waals surface area contributed by atoms with Gasteiger partial charge >= 0.3 is 0 Å². The first-order valence-electron chi connectivity index (χ1n) is 5.39. The van der Waals surface area contributed by atoms with E-state index in [9.17, 15) is 0 Å². The Morgan fingerprint density at radius 2 is 2.00 bits per heavy atom. The third kappa shape index (κ3) is 3.86. The van der Waals surface area contributed by atoms with Gasteiger partial charge in [0.25, 0.3) is 0 Å². The Morgan fingerprint density at radius 1 is 1.33 bits per heavy atom. The standard InChI is InChI=1S/C12H20N2S/c1-3-15-12-6-4-10(5-7-12)11(8-13)9-14-2/h4-7,11,14H,3,8-9,13H2,1-2H3. The lowest BCUT2D eigenvalue weighted by Crippen LogP contribution is -2.23. The molecule has 0 aliphatic rings. The largest absolute Gasteiger partial charge is 0.330 e. The molecule has 0 spiro atoms. The molecule has 0 heterocycles. The molecule has 84 valence electrons. The predicted molar refractivity (Wildman–Crippen MR) is 68.6 cm³/mol. The molecule has 0 aliphatic carbocycles. The highest BCUT2D eigenvalue weighted by Gasteiger charge is 2.07. The van der Waals surface area contributed by atoms with Crippen molar-refractivity contribution in [3.8, 4) is 0 Å². The van der Waals surface area contributed by atoms with Gasteiger partial charge in [-0.1, -0.05) is 19.1 Å². The Kier molecular flexibility index (Phi) is 5.76. The third-order valence-corrected chi connectivity index (χ3v) is 3.29. The maximum atomic E-state index is 5.74. The van der Waals surface area contributed by atoms with Gasteiger partial charge in [-0.25, -0.2) is 0 Å². The Morgan fingerprint density at radius 3 is 2.47 bits per heavy atom. The molecule has 2 nitrogen and oxygen atoms in total. The number of benzene rings is 1. The van der Waals surface area contributed by atoms with Crippen LogP contribution in [-0.4, -0.2) is 25.9 Å². The summed E-state index contributed by atoms with van der Waals surface area (Å²) in [7, 11) is 1.96. The number of hydrogen-bond acceptors (Lipinski definition) is 3. The van der Waals surface area contributed by atoms with E-state index in [2.05, 4.69) is 36.5 Å². The van der Waals surface area contributed by atoms with Gasteiger partial charge in [0.15, 0.2) is 0 Å². The number of rotatable bonds is 6. The van der Waals surface area contributed by atoms with Crippen molar-refractivity contribution in [2.24, 2.45) is 5.73 Å². The Hall–Kier alpha value is -0.510. The van der Waals surface area contributed by atoms with Crippen LogP contribution in [-0.2, 0) is 0 Å². The first kappa shape index (κ1) is 12.6. The molecule has 0 saturated heterocycles. The van der Waals surface area contributed by atoms with E-state index in [4.69, 9.17) is 5.73 Å². The maximum absolute atomic E-state index is 5.74. The highest BCUT2D eigenvalue weighted by atomic mass is 32.2. The molecule has 1 aromatic rings. The highest BCUT2D eigenvalue weighted by Crippen LogP contribution is 2.21. The number of likely N-dealkylation sites (N-methyl/N-ethyl adjacent to an activating group) is 1. The van der Waals surface area contributed by atoms with E-state index < -0.39 is 0 Å². The number of hydrogen-bond donors (Lipinski definition) is 2. The van der Waals surface area contributed by atoms with Crippen LogP contribution in [0.15, 0.2) is 29.2 Å². The highest BCUT2D eigenvalue weighted by molar-refractivity contribution is 7.99. The summed E-state index contributed by atoms with van der Waals surface area (Å²) in [5.74, 6) is 1.55. The van der Waals surface area contributed by atoms with Crippen LogP contribution >= 0.6 is 11.8 Å². The topological polar surface area (TPSA) is 38.0 Å². The summed E-state index contributed by atoms with van der Waals surface area (Å²) in [6.07, 6.45) is 0. The van der Waals surface area contributed by atoms with Gasteiger partial charge in [0.2, 0.25) is 0 Å². The zero-order valence-electron chi connectivity index (χ0n) is 9.49. The molecule has 0 bridgehead atoms. The number of nitrogens with two attached hydrogens (primary N) is 1. The first-order valence-corrected chi connectivity index (χ1v) is 6.37. The Bertz CT molecular complexity index is 271. The van der Waals surface area contributed by atoms with E-state index in [1.807, 2.05) is 18.8 Å². The molecule has 1 unspecified atom stereocenters. The van der Waals surface area contributed by atoms with Gasteiger partial charge in [0.1, 0.15) is 0 Å². The molecule has 0 saturated carbocycles. The molecule has 0 aliphatic heterocycles. The molecule has 1 rings (SSSR count). The summed E-state index contributed by atoms with van der Waals surface area (Å²) >= 11 is 1.87. The molecule has 0 amide bonds. The van der Waals surface area contributed by atoms with Gasteiger partial charge in [-0.2, -0.15) is 0 Å². The van der Waals surface area contributed by atoms with Crippen molar-refractivity contribution < 1.29 is 0 Å². The lowest BCUT2D eigenvalue weighted by Gasteiger charge is -2.14. The average molecular weight is 224 g/mol.